The minimum atomic E-state index is -0.160. The lowest BCUT2D eigenvalue weighted by atomic mass is 9.81. The largest absolute Gasteiger partial charge is 0.228 e. The predicted molar refractivity (Wildman–Crippen MR) is 247 cm³/mol. The van der Waals surface area contributed by atoms with Crippen LogP contribution in [0.5, 0.6) is 0 Å². The molecule has 9 aromatic carbocycles. The van der Waals surface area contributed by atoms with Crippen molar-refractivity contribution in [2.75, 3.05) is 0 Å². The average molecular weight is 753 g/mol. The van der Waals surface area contributed by atoms with Gasteiger partial charge in [0, 0.05) is 22.1 Å². The quantitative estimate of drug-likeness (QED) is 0.169. The summed E-state index contributed by atoms with van der Waals surface area (Å²) < 4.78 is 0. The number of fused-ring (bicyclic) bond motifs is 5. The Morgan fingerprint density at radius 2 is 0.881 bits per heavy atom. The van der Waals surface area contributed by atoms with Crippen LogP contribution in [0.3, 0.4) is 0 Å². The smallest absolute Gasteiger partial charge is 0.160 e. The van der Waals surface area contributed by atoms with Crippen LogP contribution in [0.15, 0.2) is 206 Å². The van der Waals surface area contributed by atoms with Crippen LogP contribution >= 0.6 is 0 Å². The molecule has 11 rings (SSSR count). The molecule has 278 valence electrons. The maximum absolute atomic E-state index is 5.37. The van der Waals surface area contributed by atoms with E-state index in [0.717, 1.165) is 33.5 Å². The Hall–Kier alpha value is -7.42. The molecule has 0 unspecified atom stereocenters. The van der Waals surface area contributed by atoms with E-state index in [0.29, 0.717) is 5.82 Å². The predicted octanol–water partition coefficient (Wildman–Crippen LogP) is 15.1. The molecule has 1 aromatic heterocycles. The van der Waals surface area contributed by atoms with E-state index in [-0.39, 0.29) is 5.41 Å². The van der Waals surface area contributed by atoms with Crippen molar-refractivity contribution >= 4 is 21.5 Å². The van der Waals surface area contributed by atoms with Crippen LogP contribution in [0, 0.1) is 0 Å². The van der Waals surface area contributed by atoms with Crippen molar-refractivity contribution in [2.24, 2.45) is 0 Å². The van der Waals surface area contributed by atoms with E-state index >= 15 is 0 Å². The van der Waals surface area contributed by atoms with Gasteiger partial charge in [0.2, 0.25) is 0 Å². The molecule has 0 bridgehead atoms. The van der Waals surface area contributed by atoms with E-state index in [4.69, 9.17) is 9.97 Å². The van der Waals surface area contributed by atoms with Crippen molar-refractivity contribution in [3.63, 3.8) is 0 Å². The van der Waals surface area contributed by atoms with Gasteiger partial charge >= 0.3 is 0 Å². The molecule has 0 amide bonds. The summed E-state index contributed by atoms with van der Waals surface area (Å²) in [5.74, 6) is 0.711. The molecular weight excluding hydrogens is 713 g/mol. The fourth-order valence-electron chi connectivity index (χ4n) is 9.33. The summed E-state index contributed by atoms with van der Waals surface area (Å²) in [7, 11) is 0. The molecule has 0 atom stereocenters. The first-order valence-electron chi connectivity index (χ1n) is 20.4. The lowest BCUT2D eigenvalue weighted by Crippen LogP contribution is -2.14. The van der Waals surface area contributed by atoms with E-state index in [2.05, 4.69) is 214 Å². The van der Waals surface area contributed by atoms with Crippen molar-refractivity contribution in [3.8, 4) is 78.4 Å². The highest BCUT2D eigenvalue weighted by molar-refractivity contribution is 6.07. The van der Waals surface area contributed by atoms with Crippen LogP contribution in [-0.4, -0.2) is 9.97 Å². The van der Waals surface area contributed by atoms with E-state index in [1.165, 1.54) is 71.8 Å². The molecule has 0 saturated carbocycles. The maximum Gasteiger partial charge on any atom is 0.160 e. The van der Waals surface area contributed by atoms with E-state index in [1.807, 2.05) is 6.07 Å². The van der Waals surface area contributed by atoms with Crippen LogP contribution in [-0.2, 0) is 5.41 Å². The van der Waals surface area contributed by atoms with E-state index in [1.54, 1.807) is 0 Å². The minimum Gasteiger partial charge on any atom is -0.228 e. The number of hydrogen-bond acceptors (Lipinski definition) is 2. The molecule has 2 nitrogen and oxygen atoms in total. The van der Waals surface area contributed by atoms with Gasteiger partial charge in [-0.1, -0.05) is 196 Å². The monoisotopic (exact) mass is 752 g/mol. The summed E-state index contributed by atoms with van der Waals surface area (Å²) >= 11 is 0. The van der Waals surface area contributed by atoms with E-state index in [9.17, 15) is 0 Å². The molecule has 0 fully saturated rings. The van der Waals surface area contributed by atoms with Crippen LogP contribution < -0.4 is 0 Å². The van der Waals surface area contributed by atoms with Crippen molar-refractivity contribution < 1.29 is 0 Å². The first-order valence-corrected chi connectivity index (χ1v) is 20.4. The third-order valence-electron chi connectivity index (χ3n) is 12.3. The van der Waals surface area contributed by atoms with Crippen LogP contribution in [0.1, 0.15) is 25.0 Å². The number of aromatic nitrogens is 2. The molecule has 0 radical (unpaired) electrons. The van der Waals surface area contributed by atoms with Gasteiger partial charge in [-0.25, -0.2) is 9.97 Å². The fraction of sp³-hybridized carbons (Fsp3) is 0.0526. The van der Waals surface area contributed by atoms with Gasteiger partial charge in [-0.05, 0) is 101 Å². The second-order valence-corrected chi connectivity index (χ2v) is 16.1. The normalized spacial score (nSPS) is 12.7. The van der Waals surface area contributed by atoms with Gasteiger partial charge in [-0.3, -0.25) is 0 Å². The van der Waals surface area contributed by atoms with E-state index < -0.39 is 0 Å². The van der Waals surface area contributed by atoms with Crippen molar-refractivity contribution in [1.82, 2.24) is 9.97 Å². The van der Waals surface area contributed by atoms with Crippen molar-refractivity contribution in [2.45, 2.75) is 19.3 Å². The molecule has 0 aliphatic heterocycles. The number of hydrogen-bond donors (Lipinski definition) is 0. The Kier molecular flexibility index (Phi) is 8.20. The number of rotatable bonds is 6. The van der Waals surface area contributed by atoms with Crippen molar-refractivity contribution in [3.05, 3.63) is 217 Å². The van der Waals surface area contributed by atoms with Gasteiger partial charge in [0.25, 0.3) is 0 Å². The Morgan fingerprint density at radius 3 is 1.59 bits per heavy atom. The van der Waals surface area contributed by atoms with Gasteiger partial charge in [-0.15, -0.1) is 0 Å². The molecular formula is C57H40N2. The molecule has 59 heavy (non-hydrogen) atoms. The molecule has 0 saturated heterocycles. The summed E-state index contributed by atoms with van der Waals surface area (Å²) in [4.78, 5) is 10.7. The van der Waals surface area contributed by atoms with Gasteiger partial charge in [0.05, 0.1) is 11.4 Å². The second-order valence-electron chi connectivity index (χ2n) is 16.1. The Morgan fingerprint density at radius 1 is 0.322 bits per heavy atom. The summed E-state index contributed by atoms with van der Waals surface area (Å²) in [5, 5.41) is 4.84. The molecule has 0 spiro atoms. The summed E-state index contributed by atoms with van der Waals surface area (Å²) in [6.07, 6.45) is 0. The highest BCUT2D eigenvalue weighted by atomic mass is 14.9. The summed E-state index contributed by atoms with van der Waals surface area (Å²) in [6, 6.07) is 74.4. The zero-order valence-corrected chi connectivity index (χ0v) is 33.0. The average Bonchev–Trinajstić information content (AvgIpc) is 3.53. The molecule has 1 aliphatic carbocycles. The van der Waals surface area contributed by atoms with Gasteiger partial charge in [-0.2, -0.15) is 0 Å². The van der Waals surface area contributed by atoms with Crippen LogP contribution in [0.4, 0.5) is 0 Å². The number of nitrogens with zero attached hydrogens (tertiary/aromatic N) is 2. The minimum absolute atomic E-state index is 0.160. The zero-order chi connectivity index (χ0) is 39.5. The molecule has 10 aromatic rings. The molecule has 2 heteroatoms. The first-order chi connectivity index (χ1) is 29.0. The standard InChI is InChI=1S/C57H40N2/c1-57(2)51-28-16-27-48(55(51)50-34-40-23-12-13-24-41(40)35-52(50)57)54-36-53(58-56(59-54)39-21-10-5-11-22-39)47-32-31-45(43-25-14-15-26-44(43)47)46-30-29-42(37-17-6-3-7-18-37)33-49(46)38-19-8-4-9-20-38/h3-36H,1-2H3. The SMILES string of the molecule is CC1(C)c2cc3ccccc3cc2-c2c(-c3cc(-c4ccc(-c5ccc(-c6ccccc6)cc5-c5ccccc5)c5ccccc45)nc(-c4ccccc4)n3)cccc21. The van der Waals surface area contributed by atoms with Gasteiger partial charge < -0.3 is 0 Å². The Labute approximate surface area is 345 Å². The first kappa shape index (κ1) is 34.8. The lowest BCUT2D eigenvalue weighted by molar-refractivity contribution is 0.661. The fourth-order valence-corrected chi connectivity index (χ4v) is 9.33. The molecule has 0 N–H and O–H groups in total. The van der Waals surface area contributed by atoms with Crippen LogP contribution in [0.2, 0.25) is 0 Å². The zero-order valence-electron chi connectivity index (χ0n) is 33.0. The molecule has 1 heterocycles. The van der Waals surface area contributed by atoms with Gasteiger partial charge in [0.1, 0.15) is 0 Å². The summed E-state index contributed by atoms with van der Waals surface area (Å²) in [6.45, 7) is 4.70. The number of benzene rings is 9. The topological polar surface area (TPSA) is 25.8 Å². The molecule has 1 aliphatic rings. The second kappa shape index (κ2) is 13.9. The van der Waals surface area contributed by atoms with Crippen LogP contribution in [0.25, 0.3) is 100.0 Å². The highest BCUT2D eigenvalue weighted by Crippen LogP contribution is 2.53. The Bertz CT molecular complexity index is 3220. The third kappa shape index (κ3) is 5.87. The lowest BCUT2D eigenvalue weighted by Gasteiger charge is -2.22. The van der Waals surface area contributed by atoms with Crippen molar-refractivity contribution in [1.29, 1.82) is 0 Å². The maximum atomic E-state index is 5.37. The third-order valence-corrected chi connectivity index (χ3v) is 12.3. The summed E-state index contributed by atoms with van der Waals surface area (Å²) in [5.41, 5.74) is 17.2. The van der Waals surface area contributed by atoms with Gasteiger partial charge in [0.15, 0.2) is 5.82 Å². The highest BCUT2D eigenvalue weighted by Gasteiger charge is 2.37. The Balaban J connectivity index is 1.12.